The highest BCUT2D eigenvalue weighted by Crippen LogP contribution is 2.23. The first kappa shape index (κ1) is 6.62. The summed E-state index contributed by atoms with van der Waals surface area (Å²) in [4.78, 5) is 0. The molecular formula is C7H14N2. The fourth-order valence-electron chi connectivity index (χ4n) is 1.26. The first-order valence-corrected chi connectivity index (χ1v) is 3.47. The van der Waals surface area contributed by atoms with Gasteiger partial charge in [0.2, 0.25) is 0 Å². The van der Waals surface area contributed by atoms with Crippen molar-refractivity contribution < 1.29 is 0 Å². The number of hydrogen-bond acceptors (Lipinski definition) is 2. The van der Waals surface area contributed by atoms with E-state index in [0.29, 0.717) is 6.04 Å². The van der Waals surface area contributed by atoms with Crippen LogP contribution in [0.1, 0.15) is 26.2 Å². The van der Waals surface area contributed by atoms with Gasteiger partial charge in [0.25, 0.3) is 0 Å². The zero-order chi connectivity index (χ0) is 6.85. The van der Waals surface area contributed by atoms with Gasteiger partial charge in [0.15, 0.2) is 0 Å². The second kappa shape index (κ2) is 2.40. The van der Waals surface area contributed by atoms with Crippen LogP contribution in [0.5, 0.6) is 0 Å². The normalized spacial score (nSPS) is 27.6. The predicted octanol–water partition coefficient (Wildman–Crippen LogP) is 1.25. The van der Waals surface area contributed by atoms with Gasteiger partial charge in [-0.15, -0.1) is 0 Å². The molecule has 0 spiro atoms. The molecule has 1 atom stereocenters. The van der Waals surface area contributed by atoms with Crippen LogP contribution in [0.4, 0.5) is 0 Å². The quantitative estimate of drug-likeness (QED) is 0.536. The zero-order valence-corrected chi connectivity index (χ0v) is 5.93. The fourth-order valence-corrected chi connectivity index (χ4v) is 1.26. The van der Waals surface area contributed by atoms with E-state index < -0.39 is 0 Å². The summed E-state index contributed by atoms with van der Waals surface area (Å²) in [5.41, 5.74) is 1.09. The van der Waals surface area contributed by atoms with Crippen molar-refractivity contribution in [1.82, 2.24) is 5.01 Å². The van der Waals surface area contributed by atoms with Crippen LogP contribution < -0.4 is 5.84 Å². The molecule has 52 valence electrons. The summed E-state index contributed by atoms with van der Waals surface area (Å²) in [6, 6.07) is 0.553. The minimum atomic E-state index is 0.553. The maximum atomic E-state index is 5.67. The first-order valence-electron chi connectivity index (χ1n) is 3.47. The lowest BCUT2D eigenvalue weighted by molar-refractivity contribution is 0.297. The molecule has 0 aromatic rings. The summed E-state index contributed by atoms with van der Waals surface area (Å²) in [7, 11) is 0. The maximum absolute atomic E-state index is 5.67. The Morgan fingerprint density at radius 3 is 2.78 bits per heavy atom. The Morgan fingerprint density at radius 1 is 1.89 bits per heavy atom. The van der Waals surface area contributed by atoms with E-state index >= 15 is 0 Å². The van der Waals surface area contributed by atoms with E-state index in [1.807, 2.05) is 0 Å². The molecular weight excluding hydrogens is 112 g/mol. The SMILES string of the molecule is C=C1CCC(CC)N1N. The fraction of sp³-hybridized carbons (Fsp3) is 0.714. The van der Waals surface area contributed by atoms with Gasteiger partial charge in [-0.3, -0.25) is 0 Å². The smallest absolute Gasteiger partial charge is 0.0449 e. The van der Waals surface area contributed by atoms with Crippen LogP contribution in [-0.2, 0) is 0 Å². The van der Waals surface area contributed by atoms with Gasteiger partial charge >= 0.3 is 0 Å². The standard InChI is InChI=1S/C7H14N2/c1-3-7-5-4-6(2)9(7)8/h7H,2-5,8H2,1H3. The summed E-state index contributed by atoms with van der Waals surface area (Å²) >= 11 is 0. The van der Waals surface area contributed by atoms with Gasteiger partial charge in [-0.25, -0.2) is 5.84 Å². The third-order valence-corrected chi connectivity index (χ3v) is 2.00. The summed E-state index contributed by atoms with van der Waals surface area (Å²) in [6.07, 6.45) is 3.40. The molecule has 2 N–H and O–H groups in total. The molecule has 0 saturated carbocycles. The van der Waals surface area contributed by atoms with Gasteiger partial charge < -0.3 is 5.01 Å². The first-order chi connectivity index (χ1) is 4.25. The van der Waals surface area contributed by atoms with Gasteiger partial charge in [-0.2, -0.15) is 0 Å². The molecule has 0 amide bonds. The number of hydrogen-bond donors (Lipinski definition) is 1. The van der Waals surface area contributed by atoms with Gasteiger partial charge in [0.05, 0.1) is 0 Å². The lowest BCUT2D eigenvalue weighted by Crippen LogP contribution is -2.33. The average Bonchev–Trinajstić information content (AvgIpc) is 2.15. The summed E-state index contributed by atoms with van der Waals surface area (Å²) in [6.45, 7) is 5.99. The topological polar surface area (TPSA) is 29.3 Å². The van der Waals surface area contributed by atoms with Crippen LogP contribution >= 0.6 is 0 Å². The third-order valence-electron chi connectivity index (χ3n) is 2.00. The Morgan fingerprint density at radius 2 is 2.56 bits per heavy atom. The highest BCUT2D eigenvalue weighted by Gasteiger charge is 2.21. The summed E-state index contributed by atoms with van der Waals surface area (Å²) in [5.74, 6) is 5.67. The Bertz CT molecular complexity index is 120. The molecule has 0 aromatic carbocycles. The van der Waals surface area contributed by atoms with Crippen LogP contribution in [0, 0.1) is 0 Å². The molecule has 0 radical (unpaired) electrons. The van der Waals surface area contributed by atoms with Gasteiger partial charge in [-0.05, 0) is 19.3 Å². The van der Waals surface area contributed by atoms with Crippen molar-refractivity contribution in [3.8, 4) is 0 Å². The van der Waals surface area contributed by atoms with Crippen molar-refractivity contribution in [2.75, 3.05) is 0 Å². The second-order valence-electron chi connectivity index (χ2n) is 2.57. The zero-order valence-electron chi connectivity index (χ0n) is 5.93. The number of nitrogens with zero attached hydrogens (tertiary/aromatic N) is 1. The number of allylic oxidation sites excluding steroid dienone is 1. The van der Waals surface area contributed by atoms with E-state index in [2.05, 4.69) is 13.5 Å². The molecule has 2 heteroatoms. The maximum Gasteiger partial charge on any atom is 0.0449 e. The molecule has 0 aromatic heterocycles. The monoisotopic (exact) mass is 126 g/mol. The molecule has 1 rings (SSSR count). The van der Waals surface area contributed by atoms with Crippen LogP contribution in [0.25, 0.3) is 0 Å². The minimum absolute atomic E-state index is 0.553. The Kier molecular flexibility index (Phi) is 1.76. The second-order valence-corrected chi connectivity index (χ2v) is 2.57. The number of nitrogens with two attached hydrogens (primary N) is 1. The lowest BCUT2D eigenvalue weighted by Gasteiger charge is -2.19. The largest absolute Gasteiger partial charge is 0.313 e. The number of rotatable bonds is 1. The van der Waals surface area contributed by atoms with E-state index in [-0.39, 0.29) is 0 Å². The predicted molar refractivity (Wildman–Crippen MR) is 38.5 cm³/mol. The molecule has 1 aliphatic heterocycles. The van der Waals surface area contributed by atoms with Crippen molar-refractivity contribution in [3.05, 3.63) is 12.3 Å². The number of hydrazine groups is 1. The molecule has 1 aliphatic rings. The van der Waals surface area contributed by atoms with Gasteiger partial charge in [0, 0.05) is 11.7 Å². The summed E-state index contributed by atoms with van der Waals surface area (Å²) in [5, 5.41) is 1.81. The van der Waals surface area contributed by atoms with Crippen LogP contribution in [0.3, 0.4) is 0 Å². The van der Waals surface area contributed by atoms with Crippen molar-refractivity contribution in [1.29, 1.82) is 0 Å². The Labute approximate surface area is 56.3 Å². The molecule has 1 unspecified atom stereocenters. The van der Waals surface area contributed by atoms with Crippen LogP contribution in [0.15, 0.2) is 12.3 Å². The molecule has 2 nitrogen and oxygen atoms in total. The highest BCUT2D eigenvalue weighted by molar-refractivity contribution is 5.00. The van der Waals surface area contributed by atoms with Crippen molar-refractivity contribution in [3.63, 3.8) is 0 Å². The molecule has 0 aliphatic carbocycles. The molecule has 9 heavy (non-hydrogen) atoms. The Balaban J connectivity index is 2.51. The average molecular weight is 126 g/mol. The van der Waals surface area contributed by atoms with Crippen molar-refractivity contribution in [2.24, 2.45) is 5.84 Å². The van der Waals surface area contributed by atoms with E-state index in [9.17, 15) is 0 Å². The summed E-state index contributed by atoms with van der Waals surface area (Å²) < 4.78 is 0. The third kappa shape index (κ3) is 1.08. The molecule has 0 bridgehead atoms. The van der Waals surface area contributed by atoms with E-state index in [0.717, 1.165) is 18.5 Å². The lowest BCUT2D eigenvalue weighted by atomic mass is 10.2. The van der Waals surface area contributed by atoms with Crippen LogP contribution in [0.2, 0.25) is 0 Å². The van der Waals surface area contributed by atoms with E-state index in [1.54, 1.807) is 5.01 Å². The molecule has 1 saturated heterocycles. The van der Waals surface area contributed by atoms with E-state index in [4.69, 9.17) is 5.84 Å². The highest BCUT2D eigenvalue weighted by atomic mass is 15.4. The van der Waals surface area contributed by atoms with Gasteiger partial charge in [0.1, 0.15) is 0 Å². The molecule has 1 heterocycles. The Hall–Kier alpha value is -0.500. The molecule has 1 fully saturated rings. The van der Waals surface area contributed by atoms with E-state index in [1.165, 1.54) is 6.42 Å². The van der Waals surface area contributed by atoms with Crippen molar-refractivity contribution in [2.45, 2.75) is 32.2 Å². The van der Waals surface area contributed by atoms with Crippen molar-refractivity contribution >= 4 is 0 Å². The minimum Gasteiger partial charge on any atom is -0.313 e. The van der Waals surface area contributed by atoms with Crippen LogP contribution in [-0.4, -0.2) is 11.1 Å². The van der Waals surface area contributed by atoms with Gasteiger partial charge in [-0.1, -0.05) is 13.5 Å².